The van der Waals surface area contributed by atoms with Crippen LogP contribution in [0.3, 0.4) is 0 Å². The summed E-state index contributed by atoms with van der Waals surface area (Å²) in [7, 11) is 0. The van der Waals surface area contributed by atoms with Gasteiger partial charge in [-0.1, -0.05) is 0 Å². The van der Waals surface area contributed by atoms with Crippen LogP contribution in [0.5, 0.6) is 0 Å². The van der Waals surface area contributed by atoms with E-state index in [1.165, 1.54) is 0 Å². The molecule has 0 spiro atoms. The Morgan fingerprint density at radius 3 is 1.00 bits per heavy atom. The van der Waals surface area contributed by atoms with Gasteiger partial charge in [-0.3, -0.25) is 0 Å². The quantitative estimate of drug-likeness (QED) is 0.290. The van der Waals surface area contributed by atoms with Gasteiger partial charge in [0.25, 0.3) is 0 Å². The average molecular weight is 650 g/mol. The molecular weight excluding hydrogens is 647 g/mol. The summed E-state index contributed by atoms with van der Waals surface area (Å²) in [5, 5.41) is 0. The van der Waals surface area contributed by atoms with Gasteiger partial charge in [-0.2, -0.15) is 0 Å². The molecule has 42 valence electrons. The maximum Gasteiger partial charge on any atom is 0.0814 e. The average Bonchev–Trinajstić information content (AvgIpc) is 0. The first-order chi connectivity index (χ1) is 0. The fourth-order valence-corrected chi connectivity index (χ4v) is 0. The smallest absolute Gasteiger partial charge is 0 e. The SMILES string of the molecule is B.[Co].[Cr].[Nd].[Pt].[Re]. The van der Waals surface area contributed by atoms with Crippen LogP contribution in [0.4, 0.5) is 0 Å². The van der Waals surface area contributed by atoms with Crippen molar-refractivity contribution in [3.8, 4) is 0 Å². The molecule has 0 fully saturated rings. The van der Waals surface area contributed by atoms with Crippen LogP contribution < -0.4 is 0 Å². The fraction of sp³-hybridized carbons (Fsp3) is 0. The van der Waals surface area contributed by atoms with E-state index < -0.39 is 0 Å². The van der Waals surface area contributed by atoms with Crippen molar-refractivity contribution in [2.24, 2.45) is 0 Å². The molecule has 0 heterocycles. The number of rotatable bonds is 0. The summed E-state index contributed by atoms with van der Waals surface area (Å²) in [6.07, 6.45) is 0. The van der Waals surface area contributed by atoms with Gasteiger partial charge < -0.3 is 0 Å². The molecule has 0 aromatic carbocycles. The van der Waals surface area contributed by atoms with Crippen molar-refractivity contribution < 1.29 is 116 Å². The van der Waals surface area contributed by atoms with E-state index in [-0.39, 0.29) is 125 Å². The molecule has 0 aromatic heterocycles. The molecule has 6 heavy (non-hydrogen) atoms. The molecule has 0 aliphatic carbocycles. The molecule has 2 radical (unpaired) electrons. The van der Waals surface area contributed by atoms with Crippen molar-refractivity contribution >= 4 is 8.41 Å². The molecular formula is H3BCoCrNdPtRe. The molecule has 0 N–H and O–H groups in total. The maximum atomic E-state index is 0. The zero-order valence-electron chi connectivity index (χ0n) is 1.94. The van der Waals surface area contributed by atoms with Crippen molar-refractivity contribution in [2.45, 2.75) is 0 Å². The molecule has 0 aliphatic heterocycles. The van der Waals surface area contributed by atoms with Crippen LogP contribution in [-0.4, -0.2) is 8.41 Å². The molecule has 0 nitrogen and oxygen atoms in total. The molecule has 0 rings (SSSR count). The predicted octanol–water partition coefficient (Wildman–Crippen LogP) is -1.19. The van der Waals surface area contributed by atoms with Crippen molar-refractivity contribution in [1.29, 1.82) is 0 Å². The molecule has 0 bridgehead atoms. The Kier molecular flexibility index (Phi) is 324. The second-order valence-corrected chi connectivity index (χ2v) is 0. The molecule has 0 saturated carbocycles. The first-order valence-electron chi connectivity index (χ1n) is 0. The Hall–Kier alpha value is 3.81. The summed E-state index contributed by atoms with van der Waals surface area (Å²) in [4.78, 5) is 0. The summed E-state index contributed by atoms with van der Waals surface area (Å²) in [5.74, 6) is 0. The van der Waals surface area contributed by atoms with Crippen LogP contribution >= 0.6 is 0 Å². The van der Waals surface area contributed by atoms with Crippen molar-refractivity contribution in [1.82, 2.24) is 0 Å². The Labute approximate surface area is 122 Å². The molecule has 0 saturated heterocycles. The third-order valence-corrected chi connectivity index (χ3v) is 0. The van der Waals surface area contributed by atoms with Crippen LogP contribution in [0.25, 0.3) is 0 Å². The minimum atomic E-state index is 0. The Balaban J connectivity index is 0. The molecule has 0 atom stereocenters. The molecule has 0 aliphatic rings. The van der Waals surface area contributed by atoms with Gasteiger partial charge in [0.15, 0.2) is 0 Å². The maximum absolute atomic E-state index is 0. The van der Waals surface area contributed by atoms with Crippen molar-refractivity contribution in [3.63, 3.8) is 0 Å². The van der Waals surface area contributed by atoms with Crippen LogP contribution in [0, 0.1) is 40.8 Å². The summed E-state index contributed by atoms with van der Waals surface area (Å²) >= 11 is 0. The van der Waals surface area contributed by atoms with Crippen molar-refractivity contribution in [2.75, 3.05) is 0 Å². The van der Waals surface area contributed by atoms with E-state index in [2.05, 4.69) is 0 Å². The minimum Gasteiger partial charge on any atom is 0 e. The summed E-state index contributed by atoms with van der Waals surface area (Å²) < 4.78 is 0. The zero-order valence-corrected chi connectivity index (χ0v) is 12.4. The topological polar surface area (TPSA) is 0 Å². The molecule has 0 amide bonds. The Morgan fingerprint density at radius 2 is 1.00 bits per heavy atom. The molecule has 0 unspecified atom stereocenters. The summed E-state index contributed by atoms with van der Waals surface area (Å²) in [6.45, 7) is 0. The van der Waals surface area contributed by atoms with E-state index in [1.54, 1.807) is 0 Å². The third kappa shape index (κ3) is 25.0. The third-order valence-electron chi connectivity index (χ3n) is 0. The van der Waals surface area contributed by atoms with Gasteiger partial charge in [0.05, 0.1) is 8.41 Å². The van der Waals surface area contributed by atoms with E-state index in [9.17, 15) is 0 Å². The van der Waals surface area contributed by atoms with Gasteiger partial charge >= 0.3 is 0 Å². The summed E-state index contributed by atoms with van der Waals surface area (Å²) in [5.41, 5.74) is 0. The van der Waals surface area contributed by atoms with Gasteiger partial charge in [-0.25, -0.2) is 0 Å². The van der Waals surface area contributed by atoms with Crippen LogP contribution in [0.2, 0.25) is 0 Å². The van der Waals surface area contributed by atoms with E-state index in [0.29, 0.717) is 0 Å². The number of hydrogen-bond donors (Lipinski definition) is 0. The minimum absolute atomic E-state index is 0. The van der Waals surface area contributed by atoms with Crippen LogP contribution in [-0.2, 0) is 75.6 Å². The second-order valence-electron chi connectivity index (χ2n) is 0. The van der Waals surface area contributed by atoms with Gasteiger partial charge in [-0.15, -0.1) is 0 Å². The summed E-state index contributed by atoms with van der Waals surface area (Å²) in [6, 6.07) is 0. The van der Waals surface area contributed by atoms with E-state index in [0.717, 1.165) is 0 Å². The standard InChI is InChI=1S/BH3.Co.Cr.Nd.Pt.Re/h1H3;;;;;. The number of hydrogen-bond acceptors (Lipinski definition) is 0. The first kappa shape index (κ1) is 52.5. The Morgan fingerprint density at radius 1 is 1.00 bits per heavy atom. The normalized spacial score (nSPS) is 0. The predicted molar refractivity (Wildman–Crippen MR) is 9.94 cm³/mol. The van der Waals surface area contributed by atoms with Gasteiger partial charge in [0.1, 0.15) is 0 Å². The first-order valence-corrected chi connectivity index (χ1v) is 0. The monoisotopic (exact) mass is 649 g/mol. The van der Waals surface area contributed by atoms with Crippen LogP contribution in [0.1, 0.15) is 0 Å². The van der Waals surface area contributed by atoms with Gasteiger partial charge in [0, 0.05) is 116 Å². The van der Waals surface area contributed by atoms with Crippen LogP contribution in [0.15, 0.2) is 0 Å². The van der Waals surface area contributed by atoms with Crippen molar-refractivity contribution in [3.05, 3.63) is 0 Å². The second kappa shape index (κ2) is 37.0. The molecule has 0 aromatic rings. The molecule has 6 heteroatoms. The zero-order chi connectivity index (χ0) is 0. The van der Waals surface area contributed by atoms with Gasteiger partial charge in [-0.05, 0) is 0 Å². The largest absolute Gasteiger partial charge is 0.0814 e. The Bertz CT molecular complexity index is 15.5. The van der Waals surface area contributed by atoms with Gasteiger partial charge in [0.2, 0.25) is 0 Å². The fourth-order valence-electron chi connectivity index (χ4n) is 0. The van der Waals surface area contributed by atoms with E-state index in [4.69, 9.17) is 0 Å². The van der Waals surface area contributed by atoms with E-state index in [1.807, 2.05) is 0 Å². The van der Waals surface area contributed by atoms with E-state index >= 15 is 0 Å².